The average Bonchev–Trinajstić information content (AvgIpc) is 3.31. The SMILES string of the molecule is COc1cc(C2CC(=O)OC3NNC(c4cccc([N+](=O)[O-])c4)C32)ccc1OCc1ccccc1. The first-order valence-corrected chi connectivity index (χ1v) is 11.3. The molecule has 0 spiro atoms. The molecule has 0 aromatic heterocycles. The molecule has 9 nitrogen and oxygen atoms in total. The third kappa shape index (κ3) is 4.68. The topological polar surface area (TPSA) is 112 Å². The van der Waals surface area contributed by atoms with Crippen molar-refractivity contribution in [1.29, 1.82) is 0 Å². The van der Waals surface area contributed by atoms with E-state index in [0.29, 0.717) is 18.1 Å². The van der Waals surface area contributed by atoms with E-state index in [1.807, 2.05) is 54.6 Å². The average molecular weight is 476 g/mol. The minimum Gasteiger partial charge on any atom is -0.493 e. The number of hydrazine groups is 1. The highest BCUT2D eigenvalue weighted by molar-refractivity contribution is 5.72. The predicted octanol–water partition coefficient (Wildman–Crippen LogP) is 4.00. The minimum atomic E-state index is -0.564. The molecule has 0 aliphatic carbocycles. The number of hydrogen-bond donors (Lipinski definition) is 2. The molecule has 5 rings (SSSR count). The minimum absolute atomic E-state index is 0.0127. The van der Waals surface area contributed by atoms with Crippen LogP contribution in [0.1, 0.15) is 35.1 Å². The highest BCUT2D eigenvalue weighted by Gasteiger charge is 2.48. The Morgan fingerprint density at radius 3 is 2.60 bits per heavy atom. The van der Waals surface area contributed by atoms with Gasteiger partial charge in [-0.15, -0.1) is 0 Å². The van der Waals surface area contributed by atoms with Crippen molar-refractivity contribution in [3.63, 3.8) is 0 Å². The van der Waals surface area contributed by atoms with Crippen molar-refractivity contribution in [2.45, 2.75) is 31.2 Å². The van der Waals surface area contributed by atoms with E-state index in [9.17, 15) is 14.9 Å². The molecule has 0 amide bonds. The van der Waals surface area contributed by atoms with Gasteiger partial charge in [0.25, 0.3) is 5.69 Å². The van der Waals surface area contributed by atoms with Crippen LogP contribution in [0.2, 0.25) is 0 Å². The number of nitro benzene ring substituents is 1. The Morgan fingerprint density at radius 1 is 1.00 bits per heavy atom. The summed E-state index contributed by atoms with van der Waals surface area (Å²) in [6.45, 7) is 0.402. The first-order chi connectivity index (χ1) is 17.0. The zero-order valence-electron chi connectivity index (χ0n) is 19.0. The Kier molecular flexibility index (Phi) is 6.35. The van der Waals surface area contributed by atoms with Crippen LogP contribution in [0.5, 0.6) is 11.5 Å². The first-order valence-electron chi connectivity index (χ1n) is 11.3. The van der Waals surface area contributed by atoms with Gasteiger partial charge in [-0.05, 0) is 28.8 Å². The van der Waals surface area contributed by atoms with Gasteiger partial charge in [-0.2, -0.15) is 0 Å². The number of carbonyl (C=O) groups excluding carboxylic acids is 1. The lowest BCUT2D eigenvalue weighted by Crippen LogP contribution is -2.42. The summed E-state index contributed by atoms with van der Waals surface area (Å²) in [4.78, 5) is 23.3. The Labute approximate surface area is 202 Å². The van der Waals surface area contributed by atoms with Gasteiger partial charge in [0.1, 0.15) is 6.61 Å². The van der Waals surface area contributed by atoms with Gasteiger partial charge in [-0.3, -0.25) is 14.9 Å². The standard InChI is InChI=1S/C26H25N3O6/c1-33-22-13-17(10-11-21(22)34-15-16-6-3-2-4-7-16)20-14-23(30)35-26-24(20)25(27-28-26)18-8-5-9-19(12-18)29(31)32/h2-13,20,24-28H,14-15H2,1H3. The monoisotopic (exact) mass is 475 g/mol. The Balaban J connectivity index is 1.43. The molecule has 4 unspecified atom stereocenters. The van der Waals surface area contributed by atoms with Crippen LogP contribution in [-0.4, -0.2) is 24.2 Å². The number of methoxy groups -OCH3 is 1. The van der Waals surface area contributed by atoms with Gasteiger partial charge in [0, 0.05) is 24.0 Å². The number of nitrogens with one attached hydrogen (secondary N) is 2. The summed E-state index contributed by atoms with van der Waals surface area (Å²) in [5.41, 5.74) is 8.92. The summed E-state index contributed by atoms with van der Waals surface area (Å²) in [5.74, 6) is 0.474. The number of non-ortho nitro benzene ring substituents is 1. The number of esters is 1. The first kappa shape index (κ1) is 22.8. The predicted molar refractivity (Wildman–Crippen MR) is 127 cm³/mol. The molecule has 3 aromatic carbocycles. The molecule has 2 fully saturated rings. The molecule has 3 aromatic rings. The molecule has 2 N–H and O–H groups in total. The van der Waals surface area contributed by atoms with Crippen LogP contribution in [-0.2, 0) is 16.1 Å². The molecule has 180 valence electrons. The fourth-order valence-corrected chi connectivity index (χ4v) is 4.84. The summed E-state index contributed by atoms with van der Waals surface area (Å²) in [5, 5.41) is 11.3. The Bertz CT molecular complexity index is 1230. The molecule has 0 saturated carbocycles. The molecule has 35 heavy (non-hydrogen) atoms. The van der Waals surface area contributed by atoms with Crippen LogP contribution in [0.3, 0.4) is 0 Å². The van der Waals surface area contributed by atoms with E-state index in [0.717, 1.165) is 16.7 Å². The third-order valence-electron chi connectivity index (χ3n) is 6.52. The summed E-state index contributed by atoms with van der Waals surface area (Å²) in [7, 11) is 1.58. The number of nitro groups is 1. The summed E-state index contributed by atoms with van der Waals surface area (Å²) < 4.78 is 17.2. The van der Waals surface area contributed by atoms with Crippen LogP contribution < -0.4 is 20.3 Å². The maximum Gasteiger partial charge on any atom is 0.308 e. The molecule has 0 radical (unpaired) electrons. The molecular formula is C26H25N3O6. The van der Waals surface area contributed by atoms with Crippen LogP contribution >= 0.6 is 0 Å². The van der Waals surface area contributed by atoms with Gasteiger partial charge < -0.3 is 14.2 Å². The fourth-order valence-electron chi connectivity index (χ4n) is 4.84. The molecule has 0 bridgehead atoms. The highest BCUT2D eigenvalue weighted by atomic mass is 16.6. The smallest absolute Gasteiger partial charge is 0.308 e. The van der Waals surface area contributed by atoms with E-state index >= 15 is 0 Å². The van der Waals surface area contributed by atoms with Crippen LogP contribution in [0, 0.1) is 16.0 Å². The van der Waals surface area contributed by atoms with Crippen molar-refractivity contribution in [3.05, 3.63) is 99.6 Å². The van der Waals surface area contributed by atoms with Crippen molar-refractivity contribution in [2.75, 3.05) is 7.11 Å². The lowest BCUT2D eigenvalue weighted by Gasteiger charge is -2.35. The van der Waals surface area contributed by atoms with Crippen LogP contribution in [0.25, 0.3) is 0 Å². The van der Waals surface area contributed by atoms with Gasteiger partial charge in [0.05, 0.1) is 24.5 Å². The molecule has 9 heteroatoms. The van der Waals surface area contributed by atoms with E-state index < -0.39 is 11.2 Å². The zero-order chi connectivity index (χ0) is 24.4. The van der Waals surface area contributed by atoms with E-state index in [-0.39, 0.29) is 36.0 Å². The van der Waals surface area contributed by atoms with Gasteiger partial charge in [0.2, 0.25) is 0 Å². The summed E-state index contributed by atoms with van der Waals surface area (Å²) in [6.07, 6.45) is -0.380. The van der Waals surface area contributed by atoms with Gasteiger partial charge in [-0.25, -0.2) is 10.9 Å². The van der Waals surface area contributed by atoms with Crippen LogP contribution in [0.4, 0.5) is 5.69 Å². The molecule has 2 heterocycles. The van der Waals surface area contributed by atoms with E-state index in [2.05, 4.69) is 10.9 Å². The second-order valence-corrected chi connectivity index (χ2v) is 8.60. The van der Waals surface area contributed by atoms with Crippen molar-refractivity contribution >= 4 is 11.7 Å². The molecule has 2 aliphatic heterocycles. The normalized spacial score (nSPS) is 23.3. The van der Waals surface area contributed by atoms with E-state index in [4.69, 9.17) is 14.2 Å². The van der Waals surface area contributed by atoms with Gasteiger partial charge in [0.15, 0.2) is 17.7 Å². The number of rotatable bonds is 7. The zero-order valence-corrected chi connectivity index (χ0v) is 19.0. The lowest BCUT2D eigenvalue weighted by molar-refractivity contribution is -0.384. The highest BCUT2D eigenvalue weighted by Crippen LogP contribution is 2.46. The van der Waals surface area contributed by atoms with Crippen molar-refractivity contribution in [2.24, 2.45) is 5.92 Å². The number of fused-ring (bicyclic) bond motifs is 1. The molecule has 2 saturated heterocycles. The maximum absolute atomic E-state index is 12.4. The van der Waals surface area contributed by atoms with Crippen molar-refractivity contribution < 1.29 is 23.9 Å². The number of ether oxygens (including phenoxy) is 3. The molecule has 2 aliphatic rings. The van der Waals surface area contributed by atoms with E-state index in [1.54, 1.807) is 19.2 Å². The maximum atomic E-state index is 12.4. The second kappa shape index (κ2) is 9.73. The fraction of sp³-hybridized carbons (Fsp3) is 0.269. The molecular weight excluding hydrogens is 450 g/mol. The number of nitrogens with zero attached hydrogens (tertiary/aromatic N) is 1. The number of hydrogen-bond acceptors (Lipinski definition) is 8. The van der Waals surface area contributed by atoms with Gasteiger partial charge in [-0.1, -0.05) is 48.5 Å². The lowest BCUT2D eigenvalue weighted by atomic mass is 9.76. The number of carbonyl (C=O) groups is 1. The largest absolute Gasteiger partial charge is 0.493 e. The van der Waals surface area contributed by atoms with Gasteiger partial charge >= 0.3 is 5.97 Å². The van der Waals surface area contributed by atoms with Crippen LogP contribution in [0.15, 0.2) is 72.8 Å². The van der Waals surface area contributed by atoms with E-state index in [1.165, 1.54) is 6.07 Å². The molecule has 4 atom stereocenters. The third-order valence-corrected chi connectivity index (χ3v) is 6.52. The Hall–Kier alpha value is -3.95. The number of benzene rings is 3. The quantitative estimate of drug-likeness (QED) is 0.300. The summed E-state index contributed by atoms with van der Waals surface area (Å²) in [6, 6.07) is 21.7. The summed E-state index contributed by atoms with van der Waals surface area (Å²) >= 11 is 0. The van der Waals surface area contributed by atoms with Crippen molar-refractivity contribution in [3.8, 4) is 11.5 Å². The second-order valence-electron chi connectivity index (χ2n) is 8.60. The van der Waals surface area contributed by atoms with Crippen molar-refractivity contribution in [1.82, 2.24) is 10.9 Å². The Morgan fingerprint density at radius 2 is 1.83 bits per heavy atom.